The van der Waals surface area contributed by atoms with E-state index in [9.17, 15) is 4.79 Å². The minimum atomic E-state index is -0.391. The Morgan fingerprint density at radius 1 is 1.42 bits per heavy atom. The van der Waals surface area contributed by atoms with Gasteiger partial charge in [0, 0.05) is 6.08 Å². The number of carbonyl (C=O) groups is 1. The second-order valence-corrected chi connectivity index (χ2v) is 2.83. The molecule has 0 radical (unpaired) electrons. The molecule has 2 nitrogen and oxygen atoms in total. The van der Waals surface area contributed by atoms with Crippen molar-refractivity contribution in [1.29, 1.82) is 0 Å². The van der Waals surface area contributed by atoms with E-state index < -0.39 is 5.91 Å². The number of unbranched alkanes of at least 4 members (excludes halogenated alkanes) is 2. The van der Waals surface area contributed by atoms with Crippen molar-refractivity contribution in [2.75, 3.05) is 0 Å². The van der Waals surface area contributed by atoms with Crippen LogP contribution in [0.3, 0.4) is 0 Å². The van der Waals surface area contributed by atoms with E-state index in [1.54, 1.807) is 6.08 Å². The van der Waals surface area contributed by atoms with Crippen LogP contribution in [0.15, 0.2) is 23.8 Å². The summed E-state index contributed by atoms with van der Waals surface area (Å²) in [7, 11) is 0. The van der Waals surface area contributed by atoms with Crippen molar-refractivity contribution in [2.24, 2.45) is 5.73 Å². The van der Waals surface area contributed by atoms with Crippen molar-refractivity contribution < 1.29 is 4.79 Å². The predicted molar refractivity (Wildman–Crippen MR) is 51.6 cm³/mol. The molecule has 0 saturated carbocycles. The average Bonchev–Trinajstić information content (AvgIpc) is 2.01. The number of hydrogen-bond donors (Lipinski definition) is 1. The minimum Gasteiger partial charge on any atom is -0.366 e. The SMILES string of the molecule is CCCC/C=C(C)/C=C\C(N)=O. The molecule has 0 unspecified atom stereocenters. The summed E-state index contributed by atoms with van der Waals surface area (Å²) >= 11 is 0. The van der Waals surface area contributed by atoms with Gasteiger partial charge in [-0.15, -0.1) is 0 Å². The first-order chi connectivity index (χ1) is 5.66. The summed E-state index contributed by atoms with van der Waals surface area (Å²) < 4.78 is 0. The van der Waals surface area contributed by atoms with Crippen LogP contribution in [0.1, 0.15) is 33.1 Å². The normalized spacial score (nSPS) is 12.3. The highest BCUT2D eigenvalue weighted by Crippen LogP contribution is 2.01. The summed E-state index contributed by atoms with van der Waals surface area (Å²) in [6, 6.07) is 0. The molecule has 0 aromatic rings. The van der Waals surface area contributed by atoms with Gasteiger partial charge >= 0.3 is 0 Å². The zero-order chi connectivity index (χ0) is 9.40. The first kappa shape index (κ1) is 11.0. The van der Waals surface area contributed by atoms with Crippen molar-refractivity contribution in [1.82, 2.24) is 0 Å². The van der Waals surface area contributed by atoms with E-state index in [0.717, 1.165) is 12.0 Å². The molecule has 0 aliphatic heterocycles. The molecule has 2 N–H and O–H groups in total. The summed E-state index contributed by atoms with van der Waals surface area (Å²) in [6.45, 7) is 4.12. The molecule has 0 bridgehead atoms. The lowest BCUT2D eigenvalue weighted by Crippen LogP contribution is -2.05. The summed E-state index contributed by atoms with van der Waals surface area (Å²) in [5.74, 6) is -0.391. The molecule has 0 aromatic heterocycles. The molecule has 0 rings (SSSR count). The molecule has 0 fully saturated rings. The minimum absolute atomic E-state index is 0.391. The fourth-order valence-electron chi connectivity index (χ4n) is 0.815. The highest BCUT2D eigenvalue weighted by atomic mass is 16.1. The van der Waals surface area contributed by atoms with Crippen LogP contribution in [-0.2, 0) is 4.79 Å². The predicted octanol–water partition coefficient (Wildman–Crippen LogP) is 2.16. The Morgan fingerprint density at radius 2 is 2.08 bits per heavy atom. The molecule has 68 valence electrons. The quantitative estimate of drug-likeness (QED) is 0.380. The van der Waals surface area contributed by atoms with Crippen LogP contribution in [0.25, 0.3) is 0 Å². The molecule has 0 aromatic carbocycles. The van der Waals surface area contributed by atoms with Crippen LogP contribution in [0.4, 0.5) is 0 Å². The molecule has 0 atom stereocenters. The Labute approximate surface area is 74.1 Å². The van der Waals surface area contributed by atoms with Crippen LogP contribution >= 0.6 is 0 Å². The van der Waals surface area contributed by atoms with Crippen LogP contribution < -0.4 is 5.73 Å². The maximum absolute atomic E-state index is 10.3. The standard InChI is InChI=1S/C10H17NO/c1-3-4-5-6-9(2)7-8-10(11)12/h6-8H,3-5H2,1-2H3,(H2,11,12)/b8-7-,9-6+. The average molecular weight is 167 g/mol. The number of primary amides is 1. The first-order valence-corrected chi connectivity index (χ1v) is 4.31. The monoisotopic (exact) mass is 167 g/mol. The van der Waals surface area contributed by atoms with E-state index >= 15 is 0 Å². The Balaban J connectivity index is 3.77. The largest absolute Gasteiger partial charge is 0.366 e. The van der Waals surface area contributed by atoms with E-state index in [1.165, 1.54) is 18.9 Å². The fraction of sp³-hybridized carbons (Fsp3) is 0.500. The lowest BCUT2D eigenvalue weighted by Gasteiger charge is -1.91. The fourth-order valence-corrected chi connectivity index (χ4v) is 0.815. The lowest BCUT2D eigenvalue weighted by molar-refractivity contribution is -0.113. The lowest BCUT2D eigenvalue weighted by atomic mass is 10.2. The molecule has 0 aliphatic carbocycles. The second kappa shape index (κ2) is 6.65. The Kier molecular flexibility index (Phi) is 6.07. The third-order valence-corrected chi connectivity index (χ3v) is 1.53. The third kappa shape index (κ3) is 7.06. The van der Waals surface area contributed by atoms with Crippen molar-refractivity contribution in [3.05, 3.63) is 23.8 Å². The van der Waals surface area contributed by atoms with Crippen molar-refractivity contribution in [3.63, 3.8) is 0 Å². The highest BCUT2D eigenvalue weighted by Gasteiger charge is 1.85. The van der Waals surface area contributed by atoms with Gasteiger partial charge in [-0.3, -0.25) is 4.79 Å². The molecule has 0 saturated heterocycles. The van der Waals surface area contributed by atoms with Crippen LogP contribution in [-0.4, -0.2) is 5.91 Å². The van der Waals surface area contributed by atoms with Gasteiger partial charge in [0.1, 0.15) is 0 Å². The smallest absolute Gasteiger partial charge is 0.241 e. The number of carbonyl (C=O) groups excluding carboxylic acids is 1. The number of allylic oxidation sites excluding steroid dienone is 3. The molecule has 0 heterocycles. The number of rotatable bonds is 5. The van der Waals surface area contributed by atoms with Gasteiger partial charge in [-0.05, 0) is 13.3 Å². The summed E-state index contributed by atoms with van der Waals surface area (Å²) in [5, 5.41) is 0. The maximum atomic E-state index is 10.3. The van der Waals surface area contributed by atoms with Gasteiger partial charge in [0.25, 0.3) is 0 Å². The van der Waals surface area contributed by atoms with E-state index in [1.807, 2.05) is 6.92 Å². The van der Waals surface area contributed by atoms with E-state index in [4.69, 9.17) is 5.73 Å². The molecule has 0 spiro atoms. The Bertz CT molecular complexity index is 192. The first-order valence-electron chi connectivity index (χ1n) is 4.31. The van der Waals surface area contributed by atoms with Crippen molar-refractivity contribution in [3.8, 4) is 0 Å². The Hall–Kier alpha value is -1.05. The third-order valence-electron chi connectivity index (χ3n) is 1.53. The number of hydrogen-bond acceptors (Lipinski definition) is 1. The molecule has 1 amide bonds. The van der Waals surface area contributed by atoms with Gasteiger partial charge < -0.3 is 5.73 Å². The van der Waals surface area contributed by atoms with Gasteiger partial charge in [0.15, 0.2) is 0 Å². The molecule has 2 heteroatoms. The Morgan fingerprint density at radius 3 is 2.58 bits per heavy atom. The van der Waals surface area contributed by atoms with Gasteiger partial charge in [0.05, 0.1) is 0 Å². The summed E-state index contributed by atoms with van der Waals surface area (Å²) in [6.07, 6.45) is 8.72. The zero-order valence-corrected chi connectivity index (χ0v) is 7.84. The van der Waals surface area contributed by atoms with E-state index in [0.29, 0.717) is 0 Å². The van der Waals surface area contributed by atoms with Gasteiger partial charge in [0.2, 0.25) is 5.91 Å². The van der Waals surface area contributed by atoms with Gasteiger partial charge in [-0.25, -0.2) is 0 Å². The zero-order valence-electron chi connectivity index (χ0n) is 7.84. The summed E-state index contributed by atoms with van der Waals surface area (Å²) in [5.41, 5.74) is 6.04. The molecule has 12 heavy (non-hydrogen) atoms. The van der Waals surface area contributed by atoms with Gasteiger partial charge in [-0.1, -0.05) is 37.5 Å². The van der Waals surface area contributed by atoms with Crippen molar-refractivity contribution >= 4 is 5.91 Å². The topological polar surface area (TPSA) is 43.1 Å². The molecule has 0 aliphatic rings. The van der Waals surface area contributed by atoms with Gasteiger partial charge in [-0.2, -0.15) is 0 Å². The maximum Gasteiger partial charge on any atom is 0.241 e. The van der Waals surface area contributed by atoms with Crippen molar-refractivity contribution in [2.45, 2.75) is 33.1 Å². The van der Waals surface area contributed by atoms with E-state index in [2.05, 4.69) is 13.0 Å². The summed E-state index contributed by atoms with van der Waals surface area (Å²) in [4.78, 5) is 10.3. The van der Waals surface area contributed by atoms with Crippen LogP contribution in [0.2, 0.25) is 0 Å². The van der Waals surface area contributed by atoms with E-state index in [-0.39, 0.29) is 0 Å². The number of amides is 1. The van der Waals surface area contributed by atoms with Crippen LogP contribution in [0, 0.1) is 0 Å². The number of nitrogens with two attached hydrogens (primary N) is 1. The van der Waals surface area contributed by atoms with Crippen LogP contribution in [0.5, 0.6) is 0 Å². The molecular formula is C10H17NO. The second-order valence-electron chi connectivity index (χ2n) is 2.83. The molecular weight excluding hydrogens is 150 g/mol. The highest BCUT2D eigenvalue weighted by molar-refractivity contribution is 5.86.